The van der Waals surface area contributed by atoms with Crippen molar-refractivity contribution < 1.29 is 38.7 Å². The number of aliphatic hydroxyl groups is 2. The Morgan fingerprint density at radius 3 is 1.05 bits per heavy atom. The number of hydrogen-bond acceptors (Lipinski definition) is 8. The predicted molar refractivity (Wildman–Crippen MR) is 221 cm³/mol. The number of para-hydroxylation sites is 4. The molecule has 2 unspecified atom stereocenters. The lowest BCUT2D eigenvalue weighted by Crippen LogP contribution is -2.71. The second kappa shape index (κ2) is 16.4. The predicted octanol–water partition coefficient (Wildman–Crippen LogP) is 7.60. The van der Waals surface area contributed by atoms with Gasteiger partial charge in [0.2, 0.25) is 11.8 Å². The lowest BCUT2D eigenvalue weighted by atomic mass is 9.62. The Hall–Kier alpha value is -5.06. The van der Waals surface area contributed by atoms with Crippen molar-refractivity contribution in [2.24, 2.45) is 22.0 Å². The maximum atomic E-state index is 16.4. The highest BCUT2D eigenvalue weighted by Crippen LogP contribution is 2.56. The molecule has 0 bridgehead atoms. The van der Waals surface area contributed by atoms with Crippen LogP contribution in [-0.2, 0) is 20.8 Å². The highest BCUT2D eigenvalue weighted by Gasteiger charge is 2.64. The molecule has 4 N–H and O–H groups in total. The van der Waals surface area contributed by atoms with Crippen LogP contribution in [0.25, 0.3) is 0 Å². The smallest absolute Gasteiger partial charge is 0.239 e. The molecule has 0 heterocycles. The van der Waals surface area contributed by atoms with E-state index in [0.717, 1.165) is 0 Å². The molecule has 57 heavy (non-hydrogen) atoms. The summed E-state index contributed by atoms with van der Waals surface area (Å²) in [6.07, 6.45) is 1.59. The SMILES string of the molecule is COc1ccccc1C(O)(c1ccccc1OC)C(N(C(=O)C1(C(N)=O)CCCC1)C(C(C)(C)C)C(O)(c1ccccc1OC)c1ccccc1OC)C(C)(C)C. The van der Waals surface area contributed by atoms with E-state index in [2.05, 4.69) is 0 Å². The number of hydrogen-bond donors (Lipinski definition) is 3. The summed E-state index contributed by atoms with van der Waals surface area (Å²) in [6, 6.07) is 26.0. The molecule has 4 aromatic rings. The molecule has 1 fully saturated rings. The Morgan fingerprint density at radius 2 is 0.825 bits per heavy atom. The topological polar surface area (TPSA) is 141 Å². The van der Waals surface area contributed by atoms with E-state index in [4.69, 9.17) is 24.7 Å². The fourth-order valence-electron chi connectivity index (χ4n) is 9.38. The van der Waals surface area contributed by atoms with E-state index >= 15 is 4.79 Å². The first kappa shape index (κ1) is 43.1. The molecule has 0 spiro atoms. The third-order valence-electron chi connectivity index (χ3n) is 11.6. The number of primary amides is 1. The van der Waals surface area contributed by atoms with E-state index in [1.165, 1.54) is 28.4 Å². The lowest BCUT2D eigenvalue weighted by molar-refractivity contribution is -0.184. The Labute approximate surface area is 337 Å². The first-order chi connectivity index (χ1) is 26.9. The van der Waals surface area contributed by atoms with Crippen molar-refractivity contribution in [3.8, 4) is 23.0 Å². The van der Waals surface area contributed by atoms with Crippen LogP contribution in [0.3, 0.4) is 0 Å². The van der Waals surface area contributed by atoms with Crippen molar-refractivity contribution in [1.29, 1.82) is 0 Å². The van der Waals surface area contributed by atoms with Gasteiger partial charge in [0.15, 0.2) is 0 Å². The third kappa shape index (κ3) is 7.45. The van der Waals surface area contributed by atoms with Crippen LogP contribution in [-0.4, -0.2) is 67.5 Å². The number of rotatable bonds is 14. The molecular formula is C47H60N2O8. The third-order valence-corrected chi connectivity index (χ3v) is 11.6. The second-order valence-electron chi connectivity index (χ2n) is 17.2. The van der Waals surface area contributed by atoms with Gasteiger partial charge in [-0.15, -0.1) is 0 Å². The van der Waals surface area contributed by atoms with Crippen molar-refractivity contribution in [3.05, 3.63) is 119 Å². The van der Waals surface area contributed by atoms with Gasteiger partial charge in [-0.05, 0) is 47.9 Å². The number of methoxy groups -OCH3 is 4. The molecule has 4 aromatic carbocycles. The minimum atomic E-state index is -2.13. The van der Waals surface area contributed by atoms with Crippen LogP contribution in [0.15, 0.2) is 97.1 Å². The molecule has 1 saturated carbocycles. The minimum Gasteiger partial charge on any atom is -0.496 e. The van der Waals surface area contributed by atoms with Crippen molar-refractivity contribution >= 4 is 11.8 Å². The summed E-state index contributed by atoms with van der Waals surface area (Å²) >= 11 is 0. The zero-order valence-corrected chi connectivity index (χ0v) is 35.1. The Kier molecular flexibility index (Phi) is 12.4. The molecule has 0 aromatic heterocycles. The Bertz CT molecular complexity index is 1820. The molecular weight excluding hydrogens is 721 g/mol. The normalized spacial score (nSPS) is 15.6. The fourth-order valence-corrected chi connectivity index (χ4v) is 9.38. The molecule has 10 nitrogen and oxygen atoms in total. The van der Waals surface area contributed by atoms with Crippen LogP contribution in [0.2, 0.25) is 0 Å². The molecule has 0 saturated heterocycles. The summed E-state index contributed by atoms with van der Waals surface area (Å²) in [5.74, 6) is 0.0700. The molecule has 0 aliphatic heterocycles. The van der Waals surface area contributed by atoms with Crippen LogP contribution in [0.4, 0.5) is 0 Å². The van der Waals surface area contributed by atoms with Gasteiger partial charge >= 0.3 is 0 Å². The molecule has 2 amide bonds. The van der Waals surface area contributed by atoms with Crippen LogP contribution >= 0.6 is 0 Å². The van der Waals surface area contributed by atoms with Gasteiger partial charge in [-0.3, -0.25) is 9.59 Å². The average Bonchev–Trinajstić information content (AvgIpc) is 3.71. The van der Waals surface area contributed by atoms with Crippen molar-refractivity contribution in [3.63, 3.8) is 0 Å². The van der Waals surface area contributed by atoms with E-state index in [9.17, 15) is 15.0 Å². The molecule has 10 heteroatoms. The van der Waals surface area contributed by atoms with Crippen molar-refractivity contribution in [2.75, 3.05) is 28.4 Å². The number of carbonyl (C=O) groups is 2. The molecule has 0 radical (unpaired) electrons. The summed E-state index contributed by atoms with van der Waals surface area (Å²) in [7, 11) is 6.10. The molecule has 306 valence electrons. The van der Waals surface area contributed by atoms with E-state index in [1.807, 2.05) is 41.5 Å². The Morgan fingerprint density at radius 1 is 0.561 bits per heavy atom. The first-order valence-corrected chi connectivity index (χ1v) is 19.5. The van der Waals surface area contributed by atoms with Gasteiger partial charge in [0.1, 0.15) is 39.6 Å². The monoisotopic (exact) mass is 780 g/mol. The number of carbonyl (C=O) groups excluding carboxylic acids is 2. The van der Waals surface area contributed by atoms with Gasteiger partial charge in [-0.25, -0.2) is 0 Å². The number of benzene rings is 4. The number of nitrogens with two attached hydrogens (primary N) is 1. The zero-order valence-electron chi connectivity index (χ0n) is 35.1. The maximum absolute atomic E-state index is 16.4. The number of ether oxygens (including phenoxy) is 4. The fraction of sp³-hybridized carbons (Fsp3) is 0.447. The zero-order chi connectivity index (χ0) is 42.0. The van der Waals surface area contributed by atoms with Gasteiger partial charge in [-0.1, -0.05) is 127 Å². The van der Waals surface area contributed by atoms with Crippen LogP contribution in [0.1, 0.15) is 89.5 Å². The highest BCUT2D eigenvalue weighted by atomic mass is 16.5. The molecule has 5 rings (SSSR count). The average molecular weight is 781 g/mol. The van der Waals surface area contributed by atoms with Gasteiger partial charge in [0.25, 0.3) is 0 Å². The van der Waals surface area contributed by atoms with Crippen molar-refractivity contribution in [1.82, 2.24) is 4.90 Å². The van der Waals surface area contributed by atoms with Crippen LogP contribution < -0.4 is 24.7 Å². The van der Waals surface area contributed by atoms with E-state index in [0.29, 0.717) is 58.1 Å². The summed E-state index contributed by atoms with van der Waals surface area (Å²) in [6.45, 7) is 11.6. The highest BCUT2D eigenvalue weighted by molar-refractivity contribution is 6.05. The maximum Gasteiger partial charge on any atom is 0.239 e. The van der Waals surface area contributed by atoms with Gasteiger partial charge in [-0.2, -0.15) is 0 Å². The van der Waals surface area contributed by atoms with E-state index in [1.54, 1.807) is 102 Å². The lowest BCUT2D eigenvalue weighted by Gasteiger charge is -2.59. The van der Waals surface area contributed by atoms with E-state index < -0.39 is 51.3 Å². The second-order valence-corrected chi connectivity index (χ2v) is 17.2. The minimum absolute atomic E-state index is 0.203. The van der Waals surface area contributed by atoms with Gasteiger partial charge < -0.3 is 39.8 Å². The van der Waals surface area contributed by atoms with Gasteiger partial charge in [0, 0.05) is 22.3 Å². The summed E-state index contributed by atoms with van der Waals surface area (Å²) in [4.78, 5) is 32.0. The largest absolute Gasteiger partial charge is 0.496 e. The summed E-state index contributed by atoms with van der Waals surface area (Å²) in [5, 5.41) is 28.6. The molecule has 1 aliphatic carbocycles. The van der Waals surface area contributed by atoms with E-state index in [-0.39, 0.29) is 12.8 Å². The molecule has 1 aliphatic rings. The summed E-state index contributed by atoms with van der Waals surface area (Å²) in [5.41, 5.74) is -0.216. The molecule has 2 atom stereocenters. The Balaban J connectivity index is 2.09. The number of amides is 2. The standard InChI is InChI=1S/C47H60N2O8/c1-43(2,3)39(46(52,31-21-11-15-25-35(31)54-7)32-22-12-16-26-36(32)55-8)49(42(51)45(41(48)50)29-19-20-30-45)40(44(4,5)6)47(53,33-23-13-17-27-37(33)56-9)34-24-14-18-28-38(34)57-10/h11-18,21-28,39-40,52-53H,19-20,29-30H2,1-10H3,(H2,48,50). The first-order valence-electron chi connectivity index (χ1n) is 19.5. The van der Waals surface area contributed by atoms with Gasteiger partial charge in [0.05, 0.1) is 40.5 Å². The summed E-state index contributed by atoms with van der Waals surface area (Å²) < 4.78 is 23.9. The van der Waals surface area contributed by atoms with Crippen molar-refractivity contribution in [2.45, 2.75) is 90.5 Å². The van der Waals surface area contributed by atoms with Crippen LogP contribution in [0, 0.1) is 16.2 Å². The van der Waals surface area contributed by atoms with Crippen LogP contribution in [0.5, 0.6) is 23.0 Å². The number of nitrogens with zero attached hydrogens (tertiary/aromatic N) is 1. The quantitative estimate of drug-likeness (QED) is 0.111.